The van der Waals surface area contributed by atoms with Crippen molar-refractivity contribution in [2.75, 3.05) is 7.05 Å². The fraction of sp³-hybridized carbons (Fsp3) is 0.219. The number of hydrogen-bond acceptors (Lipinski definition) is 5. The number of hydrogen-bond donors (Lipinski definition) is 3. The molecule has 2 atom stereocenters. The highest BCUT2D eigenvalue weighted by Gasteiger charge is 2.23. The highest BCUT2D eigenvalue weighted by Crippen LogP contribution is 2.27. The van der Waals surface area contributed by atoms with E-state index in [0.717, 1.165) is 11.3 Å². The molecule has 0 aliphatic carbocycles. The number of amides is 2. The van der Waals surface area contributed by atoms with Gasteiger partial charge in [-0.3, -0.25) is 9.59 Å². The number of carbonyl (C=O) groups excluding carboxylic acids is 2. The molecule has 3 aromatic carbocycles. The van der Waals surface area contributed by atoms with Crippen LogP contribution in [0.3, 0.4) is 0 Å². The van der Waals surface area contributed by atoms with Crippen LogP contribution in [0.4, 0.5) is 0 Å². The normalized spacial score (nSPS) is 12.3. The van der Waals surface area contributed by atoms with Gasteiger partial charge in [-0.25, -0.2) is 0 Å². The minimum atomic E-state index is -0.832. The first-order valence-corrected chi connectivity index (χ1v) is 13.3. The van der Waals surface area contributed by atoms with Gasteiger partial charge in [0.1, 0.15) is 17.6 Å². The summed E-state index contributed by atoms with van der Waals surface area (Å²) < 4.78 is 6.06. The summed E-state index contributed by atoms with van der Waals surface area (Å²) in [5.74, 6) is 0.547. The van der Waals surface area contributed by atoms with Crippen LogP contribution in [0.1, 0.15) is 51.3 Å². The average Bonchev–Trinajstić information content (AvgIpc) is 3.45. The number of likely N-dealkylation sites (N-methyl/N-ethyl adjacent to an activating group) is 1. The molecule has 0 unspecified atom stereocenters. The number of halogens is 1. The lowest BCUT2D eigenvalue weighted by atomic mass is 10.0. The van der Waals surface area contributed by atoms with E-state index in [1.165, 1.54) is 18.2 Å². The van der Waals surface area contributed by atoms with Gasteiger partial charge in [-0.05, 0) is 67.4 Å². The lowest BCUT2D eigenvalue weighted by molar-refractivity contribution is -0.122. The number of benzene rings is 3. The highest BCUT2D eigenvalue weighted by molar-refractivity contribution is 6.34. The van der Waals surface area contributed by atoms with Crippen LogP contribution in [0, 0.1) is 18.3 Å². The van der Waals surface area contributed by atoms with Gasteiger partial charge >= 0.3 is 0 Å². The number of nitrogens with zero attached hydrogens (tertiary/aromatic N) is 1. The minimum Gasteiger partial charge on any atom is -0.460 e. The SMILES string of the molecule is CNC(=O)[C@@H](Cc1ccc(C#N)cc1)NC(=O)c1cc(-c2ccc(CN[C@H](C)c3ccc(C)cc3)o2)ccc1Cl. The predicted octanol–water partition coefficient (Wildman–Crippen LogP) is 5.72. The monoisotopic (exact) mass is 554 g/mol. The molecule has 0 spiro atoms. The van der Waals surface area contributed by atoms with Crippen molar-refractivity contribution in [2.45, 2.75) is 38.9 Å². The van der Waals surface area contributed by atoms with E-state index >= 15 is 0 Å². The molecule has 7 nitrogen and oxygen atoms in total. The Morgan fingerprint density at radius 3 is 2.40 bits per heavy atom. The van der Waals surface area contributed by atoms with Gasteiger partial charge in [0.05, 0.1) is 28.8 Å². The standard InChI is InChI=1S/C32H31ClN4O3/c1-20-4-10-24(11-5-20)21(2)36-19-26-13-15-30(40-26)25-12-14-28(33)27(17-25)31(38)37-29(32(39)35-3)16-22-6-8-23(18-34)9-7-22/h4-15,17,21,29,36H,16,19H2,1-3H3,(H,35,39)(H,37,38)/t21-,29-/m1/s1. The van der Waals surface area contributed by atoms with E-state index in [1.54, 1.807) is 42.5 Å². The first-order chi connectivity index (χ1) is 19.3. The van der Waals surface area contributed by atoms with Crippen LogP contribution in [0.5, 0.6) is 0 Å². The zero-order valence-corrected chi connectivity index (χ0v) is 23.4. The van der Waals surface area contributed by atoms with Gasteiger partial charge in [0.15, 0.2) is 0 Å². The minimum absolute atomic E-state index is 0.150. The molecule has 4 rings (SSSR count). The first-order valence-electron chi connectivity index (χ1n) is 13.0. The second-order valence-corrected chi connectivity index (χ2v) is 10.0. The van der Waals surface area contributed by atoms with Gasteiger partial charge in [-0.2, -0.15) is 5.26 Å². The molecule has 40 heavy (non-hydrogen) atoms. The van der Waals surface area contributed by atoms with E-state index in [0.29, 0.717) is 23.4 Å². The molecule has 0 aliphatic heterocycles. The fourth-order valence-electron chi connectivity index (χ4n) is 4.28. The number of nitriles is 1. The zero-order valence-electron chi connectivity index (χ0n) is 22.6. The zero-order chi connectivity index (χ0) is 28.6. The van der Waals surface area contributed by atoms with Crippen LogP contribution in [0.25, 0.3) is 11.3 Å². The molecular weight excluding hydrogens is 524 g/mol. The summed E-state index contributed by atoms with van der Waals surface area (Å²) in [6, 6.07) is 25.5. The van der Waals surface area contributed by atoms with Gasteiger partial charge in [0.25, 0.3) is 5.91 Å². The molecule has 2 amide bonds. The quantitative estimate of drug-likeness (QED) is 0.232. The molecule has 0 radical (unpaired) electrons. The topological polar surface area (TPSA) is 107 Å². The second-order valence-electron chi connectivity index (χ2n) is 9.63. The van der Waals surface area contributed by atoms with E-state index in [-0.39, 0.29) is 29.0 Å². The summed E-state index contributed by atoms with van der Waals surface area (Å²) in [6.07, 6.45) is 0.254. The third-order valence-corrected chi connectivity index (χ3v) is 7.04. The first kappa shape index (κ1) is 28.6. The summed E-state index contributed by atoms with van der Waals surface area (Å²) in [4.78, 5) is 25.8. The molecule has 4 aromatic rings. The molecule has 3 N–H and O–H groups in total. The van der Waals surface area contributed by atoms with Gasteiger partial charge in [-0.15, -0.1) is 0 Å². The van der Waals surface area contributed by atoms with Gasteiger partial charge in [0.2, 0.25) is 5.91 Å². The third-order valence-electron chi connectivity index (χ3n) is 6.71. The van der Waals surface area contributed by atoms with Crippen LogP contribution >= 0.6 is 11.6 Å². The Hall–Kier alpha value is -4.38. The van der Waals surface area contributed by atoms with Crippen molar-refractivity contribution in [3.63, 3.8) is 0 Å². The van der Waals surface area contributed by atoms with E-state index in [9.17, 15) is 9.59 Å². The lowest BCUT2D eigenvalue weighted by Gasteiger charge is -2.18. The Labute approximate surface area is 239 Å². The van der Waals surface area contributed by atoms with Crippen molar-refractivity contribution in [3.8, 4) is 17.4 Å². The van der Waals surface area contributed by atoms with E-state index < -0.39 is 11.9 Å². The van der Waals surface area contributed by atoms with Crippen LogP contribution in [0.2, 0.25) is 5.02 Å². The molecule has 0 bridgehead atoms. The molecule has 0 saturated carbocycles. The van der Waals surface area contributed by atoms with Gasteiger partial charge in [-0.1, -0.05) is 53.6 Å². The largest absolute Gasteiger partial charge is 0.460 e. The Balaban J connectivity index is 1.45. The maximum atomic E-state index is 13.2. The van der Waals surface area contributed by atoms with Crippen LogP contribution in [-0.2, 0) is 17.8 Å². The molecular formula is C32H31ClN4O3. The summed E-state index contributed by atoms with van der Waals surface area (Å²) >= 11 is 6.39. The van der Waals surface area contributed by atoms with Crippen molar-refractivity contribution in [3.05, 3.63) is 117 Å². The van der Waals surface area contributed by atoms with Crippen LogP contribution in [-0.4, -0.2) is 24.9 Å². The summed E-state index contributed by atoms with van der Waals surface area (Å²) in [7, 11) is 1.51. The summed E-state index contributed by atoms with van der Waals surface area (Å²) in [6.45, 7) is 4.71. The molecule has 1 aromatic heterocycles. The third kappa shape index (κ3) is 7.17. The smallest absolute Gasteiger partial charge is 0.253 e. The molecule has 1 heterocycles. The predicted molar refractivity (Wildman–Crippen MR) is 156 cm³/mol. The summed E-state index contributed by atoms with van der Waals surface area (Å²) in [5.41, 5.74) is 4.66. The lowest BCUT2D eigenvalue weighted by Crippen LogP contribution is -2.47. The van der Waals surface area contributed by atoms with E-state index in [4.69, 9.17) is 21.3 Å². The Bertz CT molecular complexity index is 1520. The molecule has 0 aliphatic rings. The number of nitrogens with one attached hydrogen (secondary N) is 3. The van der Waals surface area contributed by atoms with Crippen molar-refractivity contribution in [1.82, 2.24) is 16.0 Å². The molecule has 0 saturated heterocycles. The highest BCUT2D eigenvalue weighted by atomic mass is 35.5. The maximum Gasteiger partial charge on any atom is 0.253 e. The molecule has 0 fully saturated rings. The van der Waals surface area contributed by atoms with Gasteiger partial charge in [0, 0.05) is 25.1 Å². The Morgan fingerprint density at radius 1 is 1.00 bits per heavy atom. The van der Waals surface area contributed by atoms with Gasteiger partial charge < -0.3 is 20.4 Å². The van der Waals surface area contributed by atoms with Crippen molar-refractivity contribution >= 4 is 23.4 Å². The Morgan fingerprint density at radius 2 is 1.73 bits per heavy atom. The molecule has 8 heteroatoms. The van der Waals surface area contributed by atoms with Crippen molar-refractivity contribution < 1.29 is 14.0 Å². The van der Waals surface area contributed by atoms with Crippen molar-refractivity contribution in [2.24, 2.45) is 0 Å². The van der Waals surface area contributed by atoms with Crippen molar-refractivity contribution in [1.29, 1.82) is 5.26 Å². The second kappa shape index (κ2) is 13.1. The molecule has 204 valence electrons. The number of furan rings is 1. The number of aryl methyl sites for hydroxylation is 1. The van der Waals surface area contributed by atoms with E-state index in [1.807, 2.05) is 12.1 Å². The van der Waals surface area contributed by atoms with Crippen LogP contribution < -0.4 is 16.0 Å². The van der Waals surface area contributed by atoms with Crippen LogP contribution in [0.15, 0.2) is 83.3 Å². The number of rotatable bonds is 10. The fourth-order valence-corrected chi connectivity index (χ4v) is 4.48. The maximum absolute atomic E-state index is 13.2. The summed E-state index contributed by atoms with van der Waals surface area (Å²) in [5, 5.41) is 18.1. The Kier molecular flexibility index (Phi) is 9.39. The van der Waals surface area contributed by atoms with E-state index in [2.05, 4.69) is 60.1 Å². The average molecular weight is 555 g/mol. The number of carbonyl (C=O) groups is 2.